The molecule has 5 aliphatic rings. The van der Waals surface area contributed by atoms with Crippen LogP contribution in [0.4, 0.5) is 0 Å². The van der Waals surface area contributed by atoms with Crippen LogP contribution in [0.15, 0.2) is 12.2 Å². The molecule has 0 spiro atoms. The number of carbonyl (C=O) groups is 3. The van der Waals surface area contributed by atoms with Crippen molar-refractivity contribution in [3.8, 4) is 0 Å². The van der Waals surface area contributed by atoms with E-state index in [0.29, 0.717) is 36.8 Å². The first kappa shape index (κ1) is 32.5. The lowest BCUT2D eigenvalue weighted by atomic mass is 9.32. The average molecular weight is 599 g/mol. The second-order valence-corrected chi connectivity index (χ2v) is 16.3. The first-order valence-corrected chi connectivity index (χ1v) is 17.0. The van der Waals surface area contributed by atoms with E-state index in [1.807, 2.05) is 0 Å². The van der Waals surface area contributed by atoms with Gasteiger partial charge in [-0.05, 0) is 117 Å². The largest absolute Gasteiger partial charge is 0.465 e. The Morgan fingerprint density at radius 1 is 0.837 bits per heavy atom. The number of rotatable bonds is 7. The number of ether oxygens (including phenoxy) is 2. The lowest BCUT2D eigenvalue weighted by Crippen LogP contribution is -2.68. The highest BCUT2D eigenvalue weighted by atomic mass is 16.6. The van der Waals surface area contributed by atoms with E-state index >= 15 is 0 Å². The molecule has 0 aromatic rings. The minimum atomic E-state index is -0.428. The van der Waals surface area contributed by atoms with E-state index in [4.69, 9.17) is 15.2 Å². The Labute approximate surface area is 259 Å². The van der Waals surface area contributed by atoms with Crippen LogP contribution in [0, 0.1) is 56.7 Å². The molecule has 11 atom stereocenters. The minimum absolute atomic E-state index is 0.0446. The summed E-state index contributed by atoms with van der Waals surface area (Å²) in [6.07, 6.45) is 9.96. The molecule has 0 bridgehead atoms. The number of nitrogens with one attached hydrogen (secondary N) is 1. The summed E-state index contributed by atoms with van der Waals surface area (Å²) in [5.41, 5.74) is 6.57. The van der Waals surface area contributed by atoms with Gasteiger partial charge in [-0.1, -0.05) is 39.8 Å². The lowest BCUT2D eigenvalue weighted by Gasteiger charge is -2.73. The number of nitrogens with two attached hydrogens (primary N) is 1. The second-order valence-electron chi connectivity index (χ2n) is 16.3. The van der Waals surface area contributed by atoms with Crippen LogP contribution in [-0.2, 0) is 23.9 Å². The van der Waals surface area contributed by atoms with E-state index in [1.165, 1.54) is 19.4 Å². The summed E-state index contributed by atoms with van der Waals surface area (Å²) in [4.78, 5) is 38.1. The van der Waals surface area contributed by atoms with E-state index < -0.39 is 5.41 Å². The van der Waals surface area contributed by atoms with Gasteiger partial charge in [0.05, 0.1) is 5.41 Å². The number of amides is 1. The van der Waals surface area contributed by atoms with Crippen molar-refractivity contribution >= 4 is 17.8 Å². The fourth-order valence-electron chi connectivity index (χ4n) is 12.5. The normalized spacial score (nSPS) is 46.8. The van der Waals surface area contributed by atoms with Gasteiger partial charge in [-0.3, -0.25) is 14.4 Å². The highest BCUT2D eigenvalue weighted by Crippen LogP contribution is 2.77. The van der Waals surface area contributed by atoms with Crippen molar-refractivity contribution in [1.29, 1.82) is 0 Å². The topological polar surface area (TPSA) is 108 Å². The number of esters is 2. The van der Waals surface area contributed by atoms with Gasteiger partial charge in [-0.2, -0.15) is 0 Å². The Kier molecular flexibility index (Phi) is 8.44. The molecule has 1 amide bonds. The van der Waals surface area contributed by atoms with Crippen LogP contribution in [0.5, 0.6) is 0 Å². The summed E-state index contributed by atoms with van der Waals surface area (Å²) < 4.78 is 11.7. The third-order valence-electron chi connectivity index (χ3n) is 14.6. The van der Waals surface area contributed by atoms with Crippen LogP contribution >= 0.6 is 0 Å². The molecule has 0 aromatic carbocycles. The van der Waals surface area contributed by atoms with Gasteiger partial charge in [0.1, 0.15) is 12.7 Å². The fourth-order valence-corrected chi connectivity index (χ4v) is 12.5. The maximum Gasteiger partial charge on any atom is 0.302 e. The number of hydrogen-bond donors (Lipinski definition) is 2. The third kappa shape index (κ3) is 4.72. The molecule has 242 valence electrons. The average Bonchev–Trinajstić information content (AvgIpc) is 3.34. The molecule has 43 heavy (non-hydrogen) atoms. The first-order valence-electron chi connectivity index (χ1n) is 17.0. The highest BCUT2D eigenvalue weighted by molar-refractivity contribution is 5.84. The molecule has 0 heterocycles. The van der Waals surface area contributed by atoms with Crippen LogP contribution < -0.4 is 11.1 Å². The van der Waals surface area contributed by atoms with Crippen molar-refractivity contribution in [2.24, 2.45) is 62.4 Å². The minimum Gasteiger partial charge on any atom is -0.465 e. The maximum atomic E-state index is 13.9. The van der Waals surface area contributed by atoms with E-state index in [0.717, 1.165) is 64.2 Å². The molecule has 5 fully saturated rings. The Morgan fingerprint density at radius 2 is 1.56 bits per heavy atom. The summed E-state index contributed by atoms with van der Waals surface area (Å²) in [5.74, 6) is 1.65. The maximum absolute atomic E-state index is 13.9. The van der Waals surface area contributed by atoms with E-state index in [9.17, 15) is 14.4 Å². The fraction of sp³-hybridized carbons (Fsp3) is 0.861. The monoisotopic (exact) mass is 598 g/mol. The zero-order valence-corrected chi connectivity index (χ0v) is 28.0. The van der Waals surface area contributed by atoms with Crippen LogP contribution in [0.1, 0.15) is 113 Å². The molecular formula is C36H58N2O5. The summed E-state index contributed by atoms with van der Waals surface area (Å²) >= 11 is 0. The molecule has 0 radical (unpaired) electrons. The molecule has 1 unspecified atom stereocenters. The molecular weight excluding hydrogens is 540 g/mol. The molecule has 5 aliphatic carbocycles. The van der Waals surface area contributed by atoms with Gasteiger partial charge in [0, 0.05) is 32.4 Å². The Balaban J connectivity index is 1.51. The number of fused-ring (bicyclic) bond motifs is 7. The third-order valence-corrected chi connectivity index (χ3v) is 14.6. The predicted octanol–water partition coefficient (Wildman–Crippen LogP) is 6.19. The second kappa shape index (κ2) is 11.2. The van der Waals surface area contributed by atoms with Gasteiger partial charge >= 0.3 is 11.9 Å². The molecule has 5 rings (SSSR count). The number of allylic oxidation sites excluding steroid dienone is 1. The molecule has 7 heteroatoms. The van der Waals surface area contributed by atoms with Crippen molar-refractivity contribution in [1.82, 2.24) is 5.32 Å². The summed E-state index contributed by atoms with van der Waals surface area (Å²) in [7, 11) is 0. The predicted molar refractivity (Wildman–Crippen MR) is 168 cm³/mol. The van der Waals surface area contributed by atoms with Crippen molar-refractivity contribution in [2.45, 2.75) is 119 Å². The van der Waals surface area contributed by atoms with Gasteiger partial charge in [-0.15, -0.1) is 0 Å². The van der Waals surface area contributed by atoms with Crippen LogP contribution in [-0.4, -0.2) is 43.6 Å². The van der Waals surface area contributed by atoms with Gasteiger partial charge in [0.15, 0.2) is 0 Å². The van der Waals surface area contributed by atoms with Gasteiger partial charge in [-0.25, -0.2) is 0 Å². The van der Waals surface area contributed by atoms with Crippen molar-refractivity contribution in [2.75, 3.05) is 19.7 Å². The van der Waals surface area contributed by atoms with Crippen LogP contribution in [0.3, 0.4) is 0 Å². The van der Waals surface area contributed by atoms with E-state index in [-0.39, 0.29) is 58.1 Å². The highest BCUT2D eigenvalue weighted by Gasteiger charge is 2.72. The summed E-state index contributed by atoms with van der Waals surface area (Å²) in [6, 6.07) is 0. The number of hydrogen-bond acceptors (Lipinski definition) is 6. The van der Waals surface area contributed by atoms with Crippen molar-refractivity contribution in [3.05, 3.63) is 12.2 Å². The van der Waals surface area contributed by atoms with E-state index in [2.05, 4.69) is 46.5 Å². The smallest absolute Gasteiger partial charge is 0.302 e. The molecule has 3 N–H and O–H groups in total. The van der Waals surface area contributed by atoms with Crippen molar-refractivity contribution < 1.29 is 23.9 Å². The van der Waals surface area contributed by atoms with Gasteiger partial charge in [0.25, 0.3) is 0 Å². The quantitative estimate of drug-likeness (QED) is 0.267. The Bertz CT molecular complexity index is 1150. The molecule has 0 aromatic heterocycles. The van der Waals surface area contributed by atoms with Crippen LogP contribution in [0.25, 0.3) is 0 Å². The first-order chi connectivity index (χ1) is 20.1. The summed E-state index contributed by atoms with van der Waals surface area (Å²) in [6.45, 7) is 20.7. The Morgan fingerprint density at radius 3 is 2.19 bits per heavy atom. The molecule has 7 nitrogen and oxygen atoms in total. The SMILES string of the molecule is C=C(C)[C@@H]1CC[C@]2(C(=O)NCCN)CC[C@]3(C)C(CC[C@@H]4[C@@]5(C)CC[C@H](OC(C)=O)[C@@](C)(COC(C)=O)[C@@H]5CC[C@]43C)[C@@H]12. The van der Waals surface area contributed by atoms with E-state index in [1.54, 1.807) is 0 Å². The van der Waals surface area contributed by atoms with Crippen molar-refractivity contribution in [3.63, 3.8) is 0 Å². The number of carbonyl (C=O) groups excluding carboxylic acids is 3. The standard InChI is InChI=1S/C36H58N2O5/c1-22(2)25-11-16-36(31(41)38-20-19-37)18-17-34(7)26(30(25)36)9-10-28-32(5)14-13-29(43-24(4)40)33(6,21-42-23(3)39)27(32)12-15-35(28,34)8/h25-30H,1,9-21,37H2,2-8H3,(H,38,41)/t25-,26?,27+,28+,29-,30+,32-,33-,34+,35+,36-/m0/s1. The molecule has 5 saturated carbocycles. The van der Waals surface area contributed by atoms with Gasteiger partial charge < -0.3 is 20.5 Å². The zero-order chi connectivity index (χ0) is 31.6. The molecule has 0 aliphatic heterocycles. The Hall–Kier alpha value is -1.89. The summed E-state index contributed by atoms with van der Waals surface area (Å²) in [5, 5.41) is 3.22. The lowest BCUT2D eigenvalue weighted by molar-refractivity contribution is -0.256. The molecule has 0 saturated heterocycles. The van der Waals surface area contributed by atoms with Crippen LogP contribution in [0.2, 0.25) is 0 Å². The zero-order valence-electron chi connectivity index (χ0n) is 28.0. The van der Waals surface area contributed by atoms with Gasteiger partial charge in [0.2, 0.25) is 5.91 Å².